The Morgan fingerprint density at radius 3 is 2.48 bits per heavy atom. The summed E-state index contributed by atoms with van der Waals surface area (Å²) >= 11 is 0. The Kier molecular flexibility index (Phi) is 4.71. The Morgan fingerprint density at radius 1 is 1.10 bits per heavy atom. The highest BCUT2D eigenvalue weighted by Gasteiger charge is 2.40. The first-order valence-corrected chi connectivity index (χ1v) is 8.91. The molecule has 0 spiro atoms. The third-order valence-electron chi connectivity index (χ3n) is 4.77. The van der Waals surface area contributed by atoms with Gasteiger partial charge in [0.1, 0.15) is 17.5 Å². The molecular formula is C21H17N5O3. The van der Waals surface area contributed by atoms with Crippen molar-refractivity contribution >= 4 is 23.4 Å². The molecule has 4 rings (SSSR count). The van der Waals surface area contributed by atoms with Crippen molar-refractivity contribution in [1.29, 1.82) is 5.26 Å². The molecule has 3 aromatic rings. The van der Waals surface area contributed by atoms with E-state index in [0.717, 1.165) is 5.69 Å². The van der Waals surface area contributed by atoms with Crippen LogP contribution in [0.4, 0.5) is 17.5 Å². The van der Waals surface area contributed by atoms with Crippen LogP contribution in [-0.4, -0.2) is 23.0 Å². The lowest BCUT2D eigenvalue weighted by Gasteiger charge is -2.28. The molecular weight excluding hydrogens is 370 g/mol. The van der Waals surface area contributed by atoms with Gasteiger partial charge < -0.3 is 15.4 Å². The number of aromatic amines is 1. The first-order chi connectivity index (χ1) is 14.1. The highest BCUT2D eigenvalue weighted by Crippen LogP contribution is 2.38. The van der Waals surface area contributed by atoms with Gasteiger partial charge in [-0.15, -0.1) is 0 Å². The molecule has 8 nitrogen and oxygen atoms in total. The lowest BCUT2D eigenvalue weighted by molar-refractivity contribution is -0.119. The number of nitriles is 1. The van der Waals surface area contributed by atoms with Crippen LogP contribution < -0.4 is 20.9 Å². The molecule has 0 saturated carbocycles. The van der Waals surface area contributed by atoms with Gasteiger partial charge in [0.2, 0.25) is 11.9 Å². The first kappa shape index (κ1) is 18.3. The summed E-state index contributed by atoms with van der Waals surface area (Å²) in [6, 6.07) is 18.2. The lowest BCUT2D eigenvalue weighted by atomic mass is 9.79. The molecule has 1 aliphatic rings. The molecule has 0 fully saturated rings. The number of nitrogens with zero attached hydrogens (tertiary/aromatic N) is 2. The van der Waals surface area contributed by atoms with Gasteiger partial charge in [0.15, 0.2) is 0 Å². The van der Waals surface area contributed by atoms with E-state index in [1.165, 1.54) is 0 Å². The van der Waals surface area contributed by atoms with E-state index in [-0.39, 0.29) is 17.3 Å². The molecule has 0 radical (unpaired) electrons. The third-order valence-corrected chi connectivity index (χ3v) is 4.77. The van der Waals surface area contributed by atoms with Gasteiger partial charge in [-0.2, -0.15) is 10.2 Å². The molecule has 2 heterocycles. The predicted octanol–water partition coefficient (Wildman–Crippen LogP) is 2.75. The summed E-state index contributed by atoms with van der Waals surface area (Å²) in [5.74, 6) is -1.31. The lowest BCUT2D eigenvalue weighted by Crippen LogP contribution is -2.38. The van der Waals surface area contributed by atoms with E-state index in [2.05, 4.69) is 20.6 Å². The van der Waals surface area contributed by atoms with E-state index in [1.807, 2.05) is 36.4 Å². The summed E-state index contributed by atoms with van der Waals surface area (Å²) in [6.07, 6.45) is 0. The standard InChI is InChI=1S/C21H17N5O3/c1-29-14-9-7-12(8-10-14)16-15(11-22)19(27)24-18-17(16)20(28)26-21(25-18)23-13-5-3-2-4-6-13/h2-10,15-16H,1H3,(H3,23,24,25,26,27,28)/t15-,16+/m0/s1. The maximum atomic E-state index is 12.9. The Morgan fingerprint density at radius 2 is 1.83 bits per heavy atom. The summed E-state index contributed by atoms with van der Waals surface area (Å²) in [7, 11) is 1.55. The van der Waals surface area contributed by atoms with Gasteiger partial charge in [-0.3, -0.25) is 14.6 Å². The Balaban J connectivity index is 1.80. The van der Waals surface area contributed by atoms with Crippen LogP contribution in [0.5, 0.6) is 5.75 Å². The number of hydrogen-bond donors (Lipinski definition) is 3. The highest BCUT2D eigenvalue weighted by molar-refractivity contribution is 5.98. The second kappa shape index (κ2) is 7.48. The number of benzene rings is 2. The van der Waals surface area contributed by atoms with Crippen molar-refractivity contribution in [2.24, 2.45) is 5.92 Å². The number of fused-ring (bicyclic) bond motifs is 1. The number of ether oxygens (including phenoxy) is 1. The normalized spacial score (nSPS) is 17.6. The fourth-order valence-electron chi connectivity index (χ4n) is 3.40. The molecule has 0 unspecified atom stereocenters. The molecule has 1 amide bonds. The van der Waals surface area contributed by atoms with Gasteiger partial charge in [0.25, 0.3) is 5.56 Å². The molecule has 3 N–H and O–H groups in total. The van der Waals surface area contributed by atoms with Crippen molar-refractivity contribution in [3.63, 3.8) is 0 Å². The van der Waals surface area contributed by atoms with Crippen LogP contribution in [0, 0.1) is 17.2 Å². The van der Waals surface area contributed by atoms with E-state index in [1.54, 1.807) is 31.4 Å². The van der Waals surface area contributed by atoms with Crippen LogP contribution in [0.3, 0.4) is 0 Å². The summed E-state index contributed by atoms with van der Waals surface area (Å²) in [4.78, 5) is 32.5. The minimum Gasteiger partial charge on any atom is -0.497 e. The van der Waals surface area contributed by atoms with E-state index >= 15 is 0 Å². The summed E-state index contributed by atoms with van der Waals surface area (Å²) < 4.78 is 5.16. The Hall–Kier alpha value is -4.12. The van der Waals surface area contributed by atoms with Gasteiger partial charge in [-0.05, 0) is 29.8 Å². The number of hydrogen-bond acceptors (Lipinski definition) is 6. The van der Waals surface area contributed by atoms with Crippen molar-refractivity contribution in [2.75, 3.05) is 17.7 Å². The van der Waals surface area contributed by atoms with Gasteiger partial charge in [-0.25, -0.2) is 0 Å². The van der Waals surface area contributed by atoms with Gasteiger partial charge in [0, 0.05) is 11.6 Å². The Bertz CT molecular complexity index is 1150. The topological polar surface area (TPSA) is 120 Å². The molecule has 0 bridgehead atoms. The monoisotopic (exact) mass is 387 g/mol. The number of nitrogens with one attached hydrogen (secondary N) is 3. The molecule has 2 aromatic carbocycles. The molecule has 0 saturated heterocycles. The smallest absolute Gasteiger partial charge is 0.258 e. The third kappa shape index (κ3) is 3.41. The molecule has 29 heavy (non-hydrogen) atoms. The van der Waals surface area contributed by atoms with Crippen molar-refractivity contribution in [3.05, 3.63) is 76.1 Å². The predicted molar refractivity (Wildman–Crippen MR) is 107 cm³/mol. The number of aromatic nitrogens is 2. The number of carbonyl (C=O) groups is 1. The zero-order chi connectivity index (χ0) is 20.4. The fraction of sp³-hybridized carbons (Fsp3) is 0.143. The van der Waals surface area contributed by atoms with Crippen LogP contribution in [0.25, 0.3) is 0 Å². The molecule has 1 aliphatic heterocycles. The fourth-order valence-corrected chi connectivity index (χ4v) is 3.40. The van der Waals surface area contributed by atoms with Crippen LogP contribution in [0.2, 0.25) is 0 Å². The maximum absolute atomic E-state index is 12.9. The number of rotatable bonds is 4. The van der Waals surface area contributed by atoms with Gasteiger partial charge >= 0.3 is 0 Å². The maximum Gasteiger partial charge on any atom is 0.258 e. The van der Waals surface area contributed by atoms with E-state index < -0.39 is 23.3 Å². The minimum atomic E-state index is -1.05. The highest BCUT2D eigenvalue weighted by atomic mass is 16.5. The Labute approximate surface area is 166 Å². The SMILES string of the molecule is COc1ccc([C@H]2c3c(nc(Nc4ccccc4)[nH]c3=O)NC(=O)[C@H]2C#N)cc1. The van der Waals surface area contributed by atoms with Crippen molar-refractivity contribution in [3.8, 4) is 11.8 Å². The van der Waals surface area contributed by atoms with Crippen LogP contribution in [0.15, 0.2) is 59.4 Å². The number of H-pyrrole nitrogens is 1. The van der Waals surface area contributed by atoms with Crippen LogP contribution >= 0.6 is 0 Å². The average Bonchev–Trinajstić information content (AvgIpc) is 2.73. The van der Waals surface area contributed by atoms with Crippen molar-refractivity contribution in [2.45, 2.75) is 5.92 Å². The van der Waals surface area contributed by atoms with Crippen LogP contribution in [-0.2, 0) is 4.79 Å². The zero-order valence-electron chi connectivity index (χ0n) is 15.5. The summed E-state index contributed by atoms with van der Waals surface area (Å²) in [5, 5.41) is 15.2. The first-order valence-electron chi connectivity index (χ1n) is 8.91. The number of anilines is 3. The average molecular weight is 387 g/mol. The second-order valence-electron chi connectivity index (χ2n) is 6.51. The van der Waals surface area contributed by atoms with Gasteiger partial charge in [-0.1, -0.05) is 30.3 Å². The molecule has 1 aromatic heterocycles. The molecule has 2 atom stereocenters. The number of amides is 1. The van der Waals surface area contributed by atoms with E-state index in [4.69, 9.17) is 4.74 Å². The largest absolute Gasteiger partial charge is 0.497 e. The second-order valence-corrected chi connectivity index (χ2v) is 6.51. The molecule has 8 heteroatoms. The van der Waals surface area contributed by atoms with E-state index in [0.29, 0.717) is 11.3 Å². The number of methoxy groups -OCH3 is 1. The number of para-hydroxylation sites is 1. The molecule has 0 aliphatic carbocycles. The quantitative estimate of drug-likeness (QED) is 0.633. The van der Waals surface area contributed by atoms with Gasteiger partial charge in [0.05, 0.1) is 18.7 Å². The van der Waals surface area contributed by atoms with Crippen molar-refractivity contribution < 1.29 is 9.53 Å². The minimum absolute atomic E-state index is 0.143. The van der Waals surface area contributed by atoms with Crippen molar-refractivity contribution in [1.82, 2.24) is 9.97 Å². The number of carbonyl (C=O) groups excluding carboxylic acids is 1. The molecule has 144 valence electrons. The zero-order valence-corrected chi connectivity index (χ0v) is 15.5. The van der Waals surface area contributed by atoms with Crippen LogP contribution in [0.1, 0.15) is 17.0 Å². The summed E-state index contributed by atoms with van der Waals surface area (Å²) in [5.41, 5.74) is 1.22. The summed E-state index contributed by atoms with van der Waals surface area (Å²) in [6.45, 7) is 0. The van der Waals surface area contributed by atoms with E-state index in [9.17, 15) is 14.9 Å².